The first kappa shape index (κ1) is 13.9. The van der Waals surface area contributed by atoms with Crippen molar-refractivity contribution in [1.82, 2.24) is 0 Å². The normalized spacial score (nSPS) is 20.6. The zero-order chi connectivity index (χ0) is 11.7. The molecule has 0 amide bonds. The molecule has 0 saturated heterocycles. The molecule has 0 atom stereocenters. The molecule has 96 valence electrons. The Labute approximate surface area is 99.7 Å². The Morgan fingerprint density at radius 2 is 1.56 bits per heavy atom. The molecule has 0 bridgehead atoms. The molecule has 0 aromatic carbocycles. The monoisotopic (exact) mass is 229 g/mol. The van der Waals surface area contributed by atoms with E-state index in [1.54, 1.807) is 0 Å². The fraction of sp³-hybridized carbons (Fsp3) is 1.00. The fourth-order valence-corrected chi connectivity index (χ4v) is 2.22. The zero-order valence-corrected chi connectivity index (χ0v) is 10.7. The summed E-state index contributed by atoms with van der Waals surface area (Å²) in [5.74, 6) is 0. The second-order valence-corrected chi connectivity index (χ2v) is 4.94. The van der Waals surface area contributed by atoms with Crippen LogP contribution in [0.25, 0.3) is 0 Å². The van der Waals surface area contributed by atoms with Crippen LogP contribution in [0.5, 0.6) is 0 Å². The maximum atomic E-state index is 6.33. The van der Waals surface area contributed by atoms with E-state index >= 15 is 0 Å². The maximum Gasteiger partial charge on any atom is 0.0701 e. The third-order valence-electron chi connectivity index (χ3n) is 3.21. The van der Waals surface area contributed by atoms with E-state index in [4.69, 9.17) is 15.2 Å². The maximum absolute atomic E-state index is 6.33. The summed E-state index contributed by atoms with van der Waals surface area (Å²) >= 11 is 0. The largest absolute Gasteiger partial charge is 0.379 e. The molecule has 0 radical (unpaired) electrons. The van der Waals surface area contributed by atoms with Gasteiger partial charge in [0.05, 0.1) is 19.8 Å². The molecule has 0 unspecified atom stereocenters. The summed E-state index contributed by atoms with van der Waals surface area (Å²) in [6, 6.07) is 0. The van der Waals surface area contributed by atoms with Gasteiger partial charge in [-0.3, -0.25) is 0 Å². The van der Waals surface area contributed by atoms with Crippen LogP contribution in [0, 0.1) is 0 Å². The summed E-state index contributed by atoms with van der Waals surface area (Å²) in [5.41, 5.74) is 6.27. The molecular formula is C13H27NO2. The van der Waals surface area contributed by atoms with E-state index in [0.29, 0.717) is 19.8 Å². The Hall–Kier alpha value is -0.120. The predicted octanol–water partition coefficient (Wildman–Crippen LogP) is 2.48. The van der Waals surface area contributed by atoms with Gasteiger partial charge >= 0.3 is 0 Å². The van der Waals surface area contributed by atoms with Crippen molar-refractivity contribution in [3.63, 3.8) is 0 Å². The highest BCUT2D eigenvalue weighted by Gasteiger charge is 2.26. The predicted molar refractivity (Wildman–Crippen MR) is 66.5 cm³/mol. The molecule has 0 aromatic heterocycles. The van der Waals surface area contributed by atoms with Crippen LogP contribution in [0.2, 0.25) is 0 Å². The molecule has 1 aliphatic rings. The highest BCUT2D eigenvalue weighted by molar-refractivity contribution is 4.85. The average Bonchev–Trinajstić information content (AvgIpc) is 2.49. The molecule has 0 aliphatic heterocycles. The van der Waals surface area contributed by atoms with Gasteiger partial charge in [-0.2, -0.15) is 0 Å². The first-order valence-corrected chi connectivity index (χ1v) is 6.71. The van der Waals surface area contributed by atoms with Crippen molar-refractivity contribution < 1.29 is 9.47 Å². The third kappa shape index (κ3) is 5.83. The molecule has 0 spiro atoms. The Morgan fingerprint density at radius 3 is 2.19 bits per heavy atom. The van der Waals surface area contributed by atoms with Crippen LogP contribution in [-0.2, 0) is 9.47 Å². The number of hydrogen-bond donors (Lipinski definition) is 1. The van der Waals surface area contributed by atoms with Gasteiger partial charge in [0.1, 0.15) is 0 Å². The number of nitrogens with two attached hydrogens (primary N) is 1. The van der Waals surface area contributed by atoms with E-state index in [0.717, 1.165) is 25.9 Å². The van der Waals surface area contributed by atoms with Crippen molar-refractivity contribution in [2.75, 3.05) is 26.4 Å². The van der Waals surface area contributed by atoms with Crippen LogP contribution >= 0.6 is 0 Å². The summed E-state index contributed by atoms with van der Waals surface area (Å²) in [4.78, 5) is 0. The molecule has 3 nitrogen and oxygen atoms in total. The van der Waals surface area contributed by atoms with Crippen molar-refractivity contribution in [1.29, 1.82) is 0 Å². The Kier molecular flexibility index (Phi) is 7.01. The third-order valence-corrected chi connectivity index (χ3v) is 3.21. The van der Waals surface area contributed by atoms with Gasteiger partial charge < -0.3 is 15.2 Å². The van der Waals surface area contributed by atoms with Crippen LogP contribution < -0.4 is 5.73 Å². The van der Waals surface area contributed by atoms with Crippen LogP contribution in [0.1, 0.15) is 51.9 Å². The first-order chi connectivity index (χ1) is 7.77. The Morgan fingerprint density at radius 1 is 0.938 bits per heavy atom. The lowest BCUT2D eigenvalue weighted by Crippen LogP contribution is -2.44. The van der Waals surface area contributed by atoms with Gasteiger partial charge in [0.2, 0.25) is 0 Å². The molecule has 0 aromatic rings. The fourth-order valence-electron chi connectivity index (χ4n) is 2.22. The topological polar surface area (TPSA) is 44.5 Å². The van der Waals surface area contributed by atoms with Gasteiger partial charge in [-0.05, 0) is 19.3 Å². The average molecular weight is 229 g/mol. The zero-order valence-electron chi connectivity index (χ0n) is 10.7. The molecule has 1 aliphatic carbocycles. The lowest BCUT2D eigenvalue weighted by atomic mass is 9.93. The molecule has 2 N–H and O–H groups in total. The van der Waals surface area contributed by atoms with Gasteiger partial charge in [-0.25, -0.2) is 0 Å². The minimum Gasteiger partial charge on any atom is -0.379 e. The minimum atomic E-state index is -0.0682. The van der Waals surface area contributed by atoms with E-state index in [-0.39, 0.29) is 5.54 Å². The summed E-state index contributed by atoms with van der Waals surface area (Å²) in [5, 5.41) is 0. The Balaban J connectivity index is 2.05. The van der Waals surface area contributed by atoms with Gasteiger partial charge in [-0.15, -0.1) is 0 Å². The summed E-state index contributed by atoms with van der Waals surface area (Å²) in [7, 11) is 0. The van der Waals surface area contributed by atoms with E-state index < -0.39 is 0 Å². The van der Waals surface area contributed by atoms with Crippen LogP contribution in [0.3, 0.4) is 0 Å². The van der Waals surface area contributed by atoms with Crippen molar-refractivity contribution in [2.45, 2.75) is 57.4 Å². The van der Waals surface area contributed by atoms with Gasteiger partial charge in [0, 0.05) is 12.1 Å². The summed E-state index contributed by atoms with van der Waals surface area (Å²) < 4.78 is 11.0. The SMILES string of the molecule is CCCOCCOCC1(N)CCCCCC1. The highest BCUT2D eigenvalue weighted by Crippen LogP contribution is 2.24. The van der Waals surface area contributed by atoms with Crippen molar-refractivity contribution >= 4 is 0 Å². The van der Waals surface area contributed by atoms with E-state index in [1.165, 1.54) is 25.7 Å². The van der Waals surface area contributed by atoms with Crippen LogP contribution in [-0.4, -0.2) is 32.0 Å². The van der Waals surface area contributed by atoms with Gasteiger partial charge in [0.25, 0.3) is 0 Å². The molecule has 3 heteroatoms. The molecule has 1 fully saturated rings. The standard InChI is InChI=1S/C13H27NO2/c1-2-9-15-10-11-16-12-13(14)7-5-3-4-6-8-13/h2-12,14H2,1H3. The molecule has 16 heavy (non-hydrogen) atoms. The second-order valence-electron chi connectivity index (χ2n) is 4.94. The smallest absolute Gasteiger partial charge is 0.0701 e. The molecular weight excluding hydrogens is 202 g/mol. The second kappa shape index (κ2) is 8.04. The number of hydrogen-bond acceptors (Lipinski definition) is 3. The highest BCUT2D eigenvalue weighted by atomic mass is 16.5. The lowest BCUT2D eigenvalue weighted by Gasteiger charge is -2.27. The Bertz CT molecular complexity index is 165. The van der Waals surface area contributed by atoms with Crippen molar-refractivity contribution in [3.8, 4) is 0 Å². The number of ether oxygens (including phenoxy) is 2. The quantitative estimate of drug-likeness (QED) is 0.539. The number of rotatable bonds is 7. The van der Waals surface area contributed by atoms with Gasteiger partial charge in [0.15, 0.2) is 0 Å². The summed E-state index contributed by atoms with van der Waals surface area (Å²) in [6.45, 7) is 5.02. The molecule has 1 rings (SSSR count). The first-order valence-electron chi connectivity index (χ1n) is 6.71. The van der Waals surface area contributed by atoms with Crippen LogP contribution in [0.15, 0.2) is 0 Å². The lowest BCUT2D eigenvalue weighted by molar-refractivity contribution is 0.0241. The summed E-state index contributed by atoms with van der Waals surface area (Å²) in [6.07, 6.45) is 8.47. The molecule has 1 saturated carbocycles. The van der Waals surface area contributed by atoms with Crippen molar-refractivity contribution in [3.05, 3.63) is 0 Å². The van der Waals surface area contributed by atoms with Crippen LogP contribution in [0.4, 0.5) is 0 Å². The van der Waals surface area contributed by atoms with Gasteiger partial charge in [-0.1, -0.05) is 32.6 Å². The van der Waals surface area contributed by atoms with E-state index in [2.05, 4.69) is 6.92 Å². The van der Waals surface area contributed by atoms with Crippen molar-refractivity contribution in [2.24, 2.45) is 5.73 Å². The minimum absolute atomic E-state index is 0.0682. The molecule has 0 heterocycles. The van der Waals surface area contributed by atoms with E-state index in [1.807, 2.05) is 0 Å². The van der Waals surface area contributed by atoms with E-state index in [9.17, 15) is 0 Å².